The first-order valence-corrected chi connectivity index (χ1v) is 12.0. The second kappa shape index (κ2) is 8.05. The molecule has 3 fully saturated rings. The molecule has 0 spiro atoms. The highest BCUT2D eigenvalue weighted by Crippen LogP contribution is 2.50. The summed E-state index contributed by atoms with van der Waals surface area (Å²) in [5, 5.41) is 25.1. The van der Waals surface area contributed by atoms with Crippen LogP contribution in [0.3, 0.4) is 0 Å². The maximum Gasteiger partial charge on any atom is 0.327 e. The molecular weight excluding hydrogens is 424 g/mol. The van der Waals surface area contributed by atoms with Gasteiger partial charge in [0.15, 0.2) is 5.13 Å². The molecule has 1 amide bonds. The molecule has 8 nitrogen and oxygen atoms in total. The van der Waals surface area contributed by atoms with Crippen molar-refractivity contribution in [3.63, 3.8) is 0 Å². The number of rotatable bonds is 6. The number of hydrogen-bond donors (Lipinski definition) is 4. The zero-order chi connectivity index (χ0) is 21.6. The largest absolute Gasteiger partial charge is 0.480 e. The molecule has 164 valence electrons. The maximum atomic E-state index is 12.5. The molecule has 30 heavy (non-hydrogen) atoms. The number of aliphatic hydroxyl groups is 1. The number of amides is 1. The van der Waals surface area contributed by atoms with Crippen LogP contribution in [0, 0.1) is 5.92 Å². The van der Waals surface area contributed by atoms with Crippen molar-refractivity contribution in [2.75, 3.05) is 5.73 Å². The lowest BCUT2D eigenvalue weighted by molar-refractivity contribution is -0.159. The molecule has 1 aromatic rings. The number of fused-ring (bicyclic) bond motifs is 1. The molecule has 0 bridgehead atoms. The lowest BCUT2D eigenvalue weighted by atomic mass is 9.75. The predicted molar refractivity (Wildman–Crippen MR) is 117 cm³/mol. The fourth-order valence-electron chi connectivity index (χ4n) is 4.91. The van der Waals surface area contributed by atoms with Gasteiger partial charge in [0.2, 0.25) is 5.91 Å². The number of carboxylic acids is 1. The monoisotopic (exact) mass is 452 g/mol. The molecule has 3 unspecified atom stereocenters. The van der Waals surface area contributed by atoms with E-state index in [-0.39, 0.29) is 23.3 Å². The molecule has 4 rings (SSSR count). The third-order valence-electron chi connectivity index (χ3n) is 6.39. The zero-order valence-corrected chi connectivity index (χ0v) is 18.7. The Balaban J connectivity index is 1.35. The molecule has 1 saturated carbocycles. The van der Waals surface area contributed by atoms with Crippen molar-refractivity contribution in [3.8, 4) is 0 Å². The number of allylic oxidation sites excluding steroid dienone is 1. The highest BCUT2D eigenvalue weighted by atomic mass is 32.2. The number of nitrogens with two attached hydrogens (primary N) is 1. The number of anilines is 1. The average Bonchev–Trinajstić information content (AvgIpc) is 3.21. The lowest BCUT2D eigenvalue weighted by Gasteiger charge is -2.43. The van der Waals surface area contributed by atoms with E-state index in [0.29, 0.717) is 17.5 Å². The Morgan fingerprint density at radius 3 is 2.90 bits per heavy atom. The maximum absolute atomic E-state index is 12.5. The number of carbonyl (C=O) groups is 2. The minimum Gasteiger partial charge on any atom is -0.480 e. The van der Waals surface area contributed by atoms with Gasteiger partial charge >= 0.3 is 5.97 Å². The normalized spacial score (nSPS) is 35.3. The van der Waals surface area contributed by atoms with Gasteiger partial charge in [0.05, 0.1) is 11.8 Å². The van der Waals surface area contributed by atoms with Gasteiger partial charge in [-0.1, -0.05) is 6.08 Å². The van der Waals surface area contributed by atoms with E-state index in [1.165, 1.54) is 28.0 Å². The minimum absolute atomic E-state index is 0.159. The summed E-state index contributed by atoms with van der Waals surface area (Å²) < 4.78 is -0.516. The Morgan fingerprint density at radius 2 is 2.23 bits per heavy atom. The molecular formula is C20H28N4O4S2. The van der Waals surface area contributed by atoms with Gasteiger partial charge in [-0.15, -0.1) is 23.1 Å². The summed E-state index contributed by atoms with van der Waals surface area (Å²) in [6.45, 7) is 3.75. The van der Waals surface area contributed by atoms with Gasteiger partial charge in [0.25, 0.3) is 0 Å². The number of thiazole rings is 1. The Labute approximate surface area is 183 Å². The van der Waals surface area contributed by atoms with E-state index in [0.717, 1.165) is 25.0 Å². The summed E-state index contributed by atoms with van der Waals surface area (Å²) in [5.74, 6) is -0.578. The van der Waals surface area contributed by atoms with E-state index in [4.69, 9.17) is 5.73 Å². The topological polar surface area (TPSA) is 129 Å². The summed E-state index contributed by atoms with van der Waals surface area (Å²) in [6.07, 6.45) is 6.74. The van der Waals surface area contributed by atoms with Crippen LogP contribution in [-0.4, -0.2) is 60.3 Å². The number of carbonyl (C=O) groups excluding carboxylic acids is 1. The van der Waals surface area contributed by atoms with E-state index in [1.807, 2.05) is 31.5 Å². The number of carboxylic acid groups (broad SMARTS) is 1. The van der Waals surface area contributed by atoms with Crippen molar-refractivity contribution >= 4 is 40.1 Å². The van der Waals surface area contributed by atoms with Crippen LogP contribution in [0.25, 0.3) is 0 Å². The molecule has 6 atom stereocenters. The standard InChI is InChI=1S/C20H28N4O4S2/c1-20(2)15(18(27)28)24-16(26)14(17(24)30-20)22-7-3-4-10-5-6-11(25)8-12(10)13-9-29-19(21)23-13/h3,7,9-12,14-15,17,22,25H,4-6,8H2,1-2H3,(H2,21,23)(H,27,28)/b7-3-/t10?,11?,12?,14-,15+,17-/m1/s1. The van der Waals surface area contributed by atoms with Crippen molar-refractivity contribution in [3.05, 3.63) is 23.3 Å². The number of β-lactam (4-membered cyclic amide) rings is 1. The lowest BCUT2D eigenvalue weighted by Crippen LogP contribution is -2.69. The van der Waals surface area contributed by atoms with E-state index in [1.54, 1.807) is 0 Å². The number of hydrogen-bond acceptors (Lipinski definition) is 8. The number of aliphatic carboxylic acids is 1. The van der Waals surface area contributed by atoms with Gasteiger partial charge in [-0.2, -0.15) is 0 Å². The summed E-state index contributed by atoms with van der Waals surface area (Å²) in [7, 11) is 0. The van der Waals surface area contributed by atoms with Crippen molar-refractivity contribution < 1.29 is 19.8 Å². The highest BCUT2D eigenvalue weighted by Gasteiger charge is 2.63. The first kappa shape index (κ1) is 21.5. The smallest absolute Gasteiger partial charge is 0.327 e. The molecule has 0 radical (unpaired) electrons. The second-order valence-electron chi connectivity index (χ2n) is 8.82. The van der Waals surface area contributed by atoms with Crippen molar-refractivity contribution in [2.45, 2.75) is 73.8 Å². The number of aromatic nitrogens is 1. The third kappa shape index (κ3) is 3.80. The fourth-order valence-corrected chi connectivity index (χ4v) is 7.17. The molecule has 1 aromatic heterocycles. The molecule has 2 aliphatic heterocycles. The Kier molecular flexibility index (Phi) is 5.75. The first-order valence-electron chi connectivity index (χ1n) is 10.2. The fraction of sp³-hybridized carbons (Fsp3) is 0.650. The Morgan fingerprint density at radius 1 is 1.47 bits per heavy atom. The highest BCUT2D eigenvalue weighted by molar-refractivity contribution is 8.01. The van der Waals surface area contributed by atoms with Gasteiger partial charge in [-0.3, -0.25) is 4.79 Å². The van der Waals surface area contributed by atoms with Crippen LogP contribution in [0.15, 0.2) is 17.7 Å². The number of thioether (sulfide) groups is 1. The van der Waals surface area contributed by atoms with Crippen molar-refractivity contribution in [1.82, 2.24) is 15.2 Å². The first-order chi connectivity index (χ1) is 14.2. The average molecular weight is 453 g/mol. The van der Waals surface area contributed by atoms with Crippen LogP contribution >= 0.6 is 23.1 Å². The van der Waals surface area contributed by atoms with Crippen LogP contribution < -0.4 is 11.1 Å². The number of nitrogens with one attached hydrogen (secondary N) is 1. The SMILES string of the molecule is CC1(C)S[C@@H]2[C@H](N/C=C\CC3CCC(O)CC3c3csc(N)n3)C(=O)N2[C@H]1C(=O)O. The third-order valence-corrected chi connectivity index (χ3v) is 8.66. The second-order valence-corrected chi connectivity index (χ2v) is 11.5. The summed E-state index contributed by atoms with van der Waals surface area (Å²) >= 11 is 2.96. The molecule has 0 aromatic carbocycles. The van der Waals surface area contributed by atoms with Crippen LogP contribution in [0.5, 0.6) is 0 Å². The Hall–Kier alpha value is -1.78. The quantitative estimate of drug-likeness (QED) is 0.482. The number of nitrogen functional groups attached to an aromatic ring is 1. The zero-order valence-electron chi connectivity index (χ0n) is 17.0. The van der Waals surface area contributed by atoms with Crippen LogP contribution in [-0.2, 0) is 9.59 Å². The number of nitrogens with zero attached hydrogens (tertiary/aromatic N) is 2. The van der Waals surface area contributed by atoms with Gasteiger partial charge in [0, 0.05) is 16.0 Å². The van der Waals surface area contributed by atoms with Crippen LogP contribution in [0.2, 0.25) is 0 Å². The summed E-state index contributed by atoms with van der Waals surface area (Å²) in [5.41, 5.74) is 6.75. The van der Waals surface area contributed by atoms with Crippen LogP contribution in [0.1, 0.15) is 51.1 Å². The summed E-state index contributed by atoms with van der Waals surface area (Å²) in [6, 6.07) is -1.18. The van der Waals surface area contributed by atoms with Gasteiger partial charge in [-0.25, -0.2) is 9.78 Å². The van der Waals surface area contributed by atoms with Gasteiger partial charge in [0.1, 0.15) is 17.5 Å². The number of aliphatic hydroxyl groups excluding tert-OH is 1. The van der Waals surface area contributed by atoms with Crippen molar-refractivity contribution in [2.24, 2.45) is 5.92 Å². The van der Waals surface area contributed by atoms with E-state index < -0.39 is 22.8 Å². The molecule has 3 aliphatic rings. The van der Waals surface area contributed by atoms with Crippen LogP contribution in [0.4, 0.5) is 5.13 Å². The molecule has 2 saturated heterocycles. The summed E-state index contributed by atoms with van der Waals surface area (Å²) in [4.78, 5) is 30.0. The van der Waals surface area contributed by atoms with E-state index in [2.05, 4.69) is 10.3 Å². The Bertz CT molecular complexity index is 858. The van der Waals surface area contributed by atoms with Gasteiger partial charge in [-0.05, 0) is 51.6 Å². The molecule has 3 heterocycles. The van der Waals surface area contributed by atoms with E-state index >= 15 is 0 Å². The minimum atomic E-state index is -0.953. The van der Waals surface area contributed by atoms with Gasteiger partial charge < -0.3 is 26.2 Å². The molecule has 1 aliphatic carbocycles. The molecule has 10 heteroatoms. The van der Waals surface area contributed by atoms with E-state index in [9.17, 15) is 19.8 Å². The molecule has 5 N–H and O–H groups in total. The van der Waals surface area contributed by atoms with Crippen molar-refractivity contribution in [1.29, 1.82) is 0 Å². The predicted octanol–water partition coefficient (Wildman–Crippen LogP) is 1.98.